The van der Waals surface area contributed by atoms with Gasteiger partial charge in [0.15, 0.2) is 0 Å². The molecular weight excluding hydrogens is 267 g/mol. The molecule has 0 saturated carbocycles. The molecule has 1 heterocycles. The smallest absolute Gasteiger partial charge is 0.393 e. The quantitative estimate of drug-likeness (QED) is 0.914. The molecule has 0 amide bonds. The maximum atomic E-state index is 12.8. The number of fused-ring (bicyclic) bond motifs is 1. The first kappa shape index (κ1) is 15.2. The first-order valence-corrected chi connectivity index (χ1v) is 6.86. The summed E-state index contributed by atoms with van der Waals surface area (Å²) in [4.78, 5) is 2.10. The van der Waals surface area contributed by atoms with E-state index in [0.29, 0.717) is 18.5 Å². The van der Waals surface area contributed by atoms with Gasteiger partial charge < -0.3 is 10.0 Å². The van der Waals surface area contributed by atoms with Crippen molar-refractivity contribution < 1.29 is 18.3 Å². The number of aliphatic hydroxyl groups excluding tert-OH is 1. The highest BCUT2D eigenvalue weighted by Gasteiger charge is 2.36. The van der Waals surface area contributed by atoms with Gasteiger partial charge in [-0.3, -0.25) is 0 Å². The van der Waals surface area contributed by atoms with Crippen molar-refractivity contribution >= 4 is 5.69 Å². The summed E-state index contributed by atoms with van der Waals surface area (Å²) < 4.78 is 38.5. The van der Waals surface area contributed by atoms with Crippen LogP contribution in [0.1, 0.15) is 44.2 Å². The summed E-state index contributed by atoms with van der Waals surface area (Å²) in [6, 6.07) is 4.16. The van der Waals surface area contributed by atoms with Crippen LogP contribution in [0, 0.1) is 0 Å². The summed E-state index contributed by atoms with van der Waals surface area (Å²) in [5.74, 6) is -0.0466. The molecule has 112 valence electrons. The van der Waals surface area contributed by atoms with Crippen molar-refractivity contribution in [2.24, 2.45) is 0 Å². The topological polar surface area (TPSA) is 23.5 Å². The van der Waals surface area contributed by atoms with Crippen molar-refractivity contribution in [3.8, 4) is 0 Å². The first-order chi connectivity index (χ1) is 9.20. The third-order valence-electron chi connectivity index (χ3n) is 3.77. The molecule has 1 aromatic carbocycles. The van der Waals surface area contributed by atoms with Gasteiger partial charge in [0, 0.05) is 24.2 Å². The predicted octanol–water partition coefficient (Wildman–Crippen LogP) is 3.79. The summed E-state index contributed by atoms with van der Waals surface area (Å²) in [6.45, 7) is 6.38. The van der Waals surface area contributed by atoms with Gasteiger partial charge in [0.1, 0.15) is 0 Å². The van der Waals surface area contributed by atoms with Crippen molar-refractivity contribution in [3.63, 3.8) is 0 Å². The van der Waals surface area contributed by atoms with Crippen LogP contribution in [-0.4, -0.2) is 23.8 Å². The van der Waals surface area contributed by atoms with E-state index in [9.17, 15) is 18.3 Å². The number of halogens is 3. The van der Waals surface area contributed by atoms with Crippen molar-refractivity contribution in [1.82, 2.24) is 0 Å². The van der Waals surface area contributed by atoms with Crippen molar-refractivity contribution in [1.29, 1.82) is 0 Å². The minimum atomic E-state index is -4.32. The predicted molar refractivity (Wildman–Crippen MR) is 73.0 cm³/mol. The normalized spacial score (nSPS) is 20.4. The third kappa shape index (κ3) is 2.92. The van der Waals surface area contributed by atoms with E-state index in [1.165, 1.54) is 6.07 Å². The van der Waals surface area contributed by atoms with Gasteiger partial charge in [-0.2, -0.15) is 13.2 Å². The van der Waals surface area contributed by atoms with Crippen molar-refractivity contribution in [3.05, 3.63) is 29.3 Å². The second kappa shape index (κ2) is 5.28. The highest BCUT2D eigenvalue weighted by molar-refractivity contribution is 5.62. The summed E-state index contributed by atoms with van der Waals surface area (Å²) in [7, 11) is 0. The number of hydrogen-bond acceptors (Lipinski definition) is 2. The SMILES string of the molecule is CC(O)CC1CN(C(C)C)c2ccc(C(F)(F)F)cc21. The van der Waals surface area contributed by atoms with Crippen LogP contribution in [0.3, 0.4) is 0 Å². The molecule has 0 aliphatic carbocycles. The van der Waals surface area contributed by atoms with Crippen LogP contribution < -0.4 is 4.90 Å². The minimum absolute atomic E-state index is 0.0466. The third-order valence-corrected chi connectivity index (χ3v) is 3.77. The molecule has 1 N–H and O–H groups in total. The number of rotatable bonds is 3. The zero-order chi connectivity index (χ0) is 15.1. The molecule has 1 aromatic rings. The van der Waals surface area contributed by atoms with E-state index in [2.05, 4.69) is 4.90 Å². The molecular formula is C15H20F3NO. The lowest BCUT2D eigenvalue weighted by molar-refractivity contribution is -0.137. The highest BCUT2D eigenvalue weighted by Crippen LogP contribution is 2.42. The monoisotopic (exact) mass is 287 g/mol. The first-order valence-electron chi connectivity index (χ1n) is 6.86. The van der Waals surface area contributed by atoms with E-state index in [1.54, 1.807) is 13.0 Å². The summed E-state index contributed by atoms with van der Waals surface area (Å²) in [5, 5.41) is 9.55. The van der Waals surface area contributed by atoms with Crippen LogP contribution in [0.5, 0.6) is 0 Å². The van der Waals surface area contributed by atoms with E-state index in [1.807, 2.05) is 13.8 Å². The largest absolute Gasteiger partial charge is 0.416 e. The fraction of sp³-hybridized carbons (Fsp3) is 0.600. The van der Waals surface area contributed by atoms with E-state index in [4.69, 9.17) is 0 Å². The van der Waals surface area contributed by atoms with Gasteiger partial charge in [-0.25, -0.2) is 0 Å². The Balaban J connectivity index is 2.42. The molecule has 0 radical (unpaired) electrons. The summed E-state index contributed by atoms with van der Waals surface area (Å²) >= 11 is 0. The Morgan fingerprint density at radius 3 is 2.45 bits per heavy atom. The van der Waals surface area contributed by atoms with Crippen LogP contribution in [0.15, 0.2) is 18.2 Å². The molecule has 20 heavy (non-hydrogen) atoms. The molecule has 2 nitrogen and oxygen atoms in total. The van der Waals surface area contributed by atoms with Gasteiger partial charge >= 0.3 is 6.18 Å². The van der Waals surface area contributed by atoms with Crippen LogP contribution in [-0.2, 0) is 6.18 Å². The fourth-order valence-electron chi connectivity index (χ4n) is 2.86. The molecule has 2 rings (SSSR count). The molecule has 2 atom stereocenters. The Bertz CT molecular complexity index is 482. The van der Waals surface area contributed by atoms with E-state index >= 15 is 0 Å². The van der Waals surface area contributed by atoms with Crippen LogP contribution in [0.2, 0.25) is 0 Å². The molecule has 2 unspecified atom stereocenters. The second-order valence-electron chi connectivity index (χ2n) is 5.80. The van der Waals surface area contributed by atoms with Gasteiger partial charge in [-0.05, 0) is 51.0 Å². The Kier molecular flexibility index (Phi) is 4.00. The maximum absolute atomic E-state index is 12.8. The second-order valence-corrected chi connectivity index (χ2v) is 5.80. The summed E-state index contributed by atoms with van der Waals surface area (Å²) in [6.07, 6.45) is -4.36. The Hall–Kier alpha value is -1.23. The average Bonchev–Trinajstić information content (AvgIpc) is 2.66. The zero-order valence-electron chi connectivity index (χ0n) is 11.9. The van der Waals surface area contributed by atoms with Gasteiger partial charge in [0.05, 0.1) is 11.7 Å². The lowest BCUT2D eigenvalue weighted by Gasteiger charge is -2.24. The van der Waals surface area contributed by atoms with Gasteiger partial charge in [-0.1, -0.05) is 0 Å². The fourth-order valence-corrected chi connectivity index (χ4v) is 2.86. The molecule has 1 aliphatic heterocycles. The summed E-state index contributed by atoms with van der Waals surface area (Å²) in [5.41, 5.74) is 0.950. The van der Waals surface area contributed by atoms with Gasteiger partial charge in [0.25, 0.3) is 0 Å². The lowest BCUT2D eigenvalue weighted by Crippen LogP contribution is -2.29. The number of benzene rings is 1. The van der Waals surface area contributed by atoms with Crippen LogP contribution in [0.4, 0.5) is 18.9 Å². The van der Waals surface area contributed by atoms with E-state index in [-0.39, 0.29) is 12.0 Å². The molecule has 0 spiro atoms. The molecule has 0 saturated heterocycles. The van der Waals surface area contributed by atoms with Crippen molar-refractivity contribution in [2.45, 2.75) is 51.4 Å². The van der Waals surface area contributed by atoms with E-state index < -0.39 is 17.8 Å². The standard InChI is InChI=1S/C15H20F3NO/c1-9(2)19-8-11(6-10(3)20)13-7-12(15(16,17)18)4-5-14(13)19/h4-5,7,9-11,20H,6,8H2,1-3H3. The minimum Gasteiger partial charge on any atom is -0.393 e. The molecule has 0 aromatic heterocycles. The molecule has 5 heteroatoms. The van der Waals surface area contributed by atoms with Gasteiger partial charge in [0.2, 0.25) is 0 Å². The van der Waals surface area contributed by atoms with Crippen molar-refractivity contribution in [2.75, 3.05) is 11.4 Å². The molecule has 1 aliphatic rings. The Morgan fingerprint density at radius 2 is 1.95 bits per heavy atom. The Morgan fingerprint density at radius 1 is 1.30 bits per heavy atom. The Labute approximate surface area is 117 Å². The maximum Gasteiger partial charge on any atom is 0.416 e. The lowest BCUT2D eigenvalue weighted by atomic mass is 9.94. The molecule has 0 bridgehead atoms. The number of aliphatic hydroxyl groups is 1. The van der Waals surface area contributed by atoms with E-state index in [0.717, 1.165) is 11.8 Å². The zero-order valence-corrected chi connectivity index (χ0v) is 11.9. The van der Waals surface area contributed by atoms with Crippen LogP contribution in [0.25, 0.3) is 0 Å². The average molecular weight is 287 g/mol. The number of nitrogens with zero attached hydrogens (tertiary/aromatic N) is 1. The highest BCUT2D eigenvalue weighted by atomic mass is 19.4. The number of hydrogen-bond donors (Lipinski definition) is 1. The van der Waals surface area contributed by atoms with Gasteiger partial charge in [-0.15, -0.1) is 0 Å². The molecule has 0 fully saturated rings. The number of anilines is 1. The number of alkyl halides is 3. The van der Waals surface area contributed by atoms with Crippen LogP contribution >= 0.6 is 0 Å².